The molecule has 2 aliphatic rings. The van der Waals surface area contributed by atoms with E-state index in [1.165, 1.54) is 6.42 Å². The zero-order valence-electron chi connectivity index (χ0n) is 18.5. The van der Waals surface area contributed by atoms with Crippen molar-refractivity contribution in [3.8, 4) is 0 Å². The molecule has 0 bridgehead atoms. The first-order valence-electron chi connectivity index (χ1n) is 10.6. The Morgan fingerprint density at radius 3 is 2.72 bits per heavy atom. The molecule has 3 heterocycles. The Labute approximate surface area is 174 Å². The Morgan fingerprint density at radius 2 is 2.10 bits per heavy atom. The maximum absolute atomic E-state index is 11.8. The van der Waals surface area contributed by atoms with Crippen molar-refractivity contribution in [2.75, 3.05) is 18.4 Å². The highest BCUT2D eigenvalue weighted by atomic mass is 16.1. The van der Waals surface area contributed by atoms with E-state index < -0.39 is 5.91 Å². The molecule has 1 aromatic heterocycles. The lowest BCUT2D eigenvalue weighted by molar-refractivity contribution is -0.111. The lowest BCUT2D eigenvalue weighted by Gasteiger charge is -2.39. The summed E-state index contributed by atoms with van der Waals surface area (Å²) >= 11 is 0. The molecule has 8 heteroatoms. The largest absolute Gasteiger partial charge is 0.369 e. The van der Waals surface area contributed by atoms with Gasteiger partial charge in [-0.25, -0.2) is 4.99 Å². The molecule has 0 aliphatic carbocycles. The van der Waals surface area contributed by atoms with E-state index in [-0.39, 0.29) is 5.71 Å². The van der Waals surface area contributed by atoms with E-state index >= 15 is 0 Å². The summed E-state index contributed by atoms with van der Waals surface area (Å²) in [7, 11) is 0. The van der Waals surface area contributed by atoms with Crippen LogP contribution in [0.1, 0.15) is 53.9 Å². The number of aliphatic imine (C=N–C) groups is 1. The van der Waals surface area contributed by atoms with Crippen molar-refractivity contribution in [2.24, 2.45) is 10.7 Å². The number of piperidine rings is 1. The fourth-order valence-electron chi connectivity index (χ4n) is 3.58. The Balaban J connectivity index is 0.000000989. The molecule has 162 valence electrons. The van der Waals surface area contributed by atoms with Crippen LogP contribution in [0.5, 0.6) is 0 Å². The van der Waals surface area contributed by atoms with Crippen molar-refractivity contribution < 1.29 is 4.79 Å². The average molecular weight is 404 g/mol. The molecule has 5 N–H and O–H groups in total. The van der Waals surface area contributed by atoms with Crippen LogP contribution in [-0.2, 0) is 4.79 Å². The van der Waals surface area contributed by atoms with E-state index in [9.17, 15) is 4.79 Å². The summed E-state index contributed by atoms with van der Waals surface area (Å²) in [6.45, 7) is 16.0. The third-order valence-corrected chi connectivity index (χ3v) is 4.77. The zero-order valence-corrected chi connectivity index (χ0v) is 18.5. The molecule has 29 heavy (non-hydrogen) atoms. The molecule has 8 nitrogen and oxygen atoms in total. The van der Waals surface area contributed by atoms with E-state index in [0.29, 0.717) is 23.5 Å². The molecule has 3 rings (SSSR count). The predicted molar refractivity (Wildman–Crippen MR) is 121 cm³/mol. The molecule has 0 radical (unpaired) electrons. The normalized spacial score (nSPS) is 21.2. The highest BCUT2D eigenvalue weighted by molar-refractivity contribution is 6.45. The van der Waals surface area contributed by atoms with Crippen molar-refractivity contribution in [1.82, 2.24) is 20.4 Å². The van der Waals surface area contributed by atoms with Crippen LogP contribution in [0.2, 0.25) is 0 Å². The van der Waals surface area contributed by atoms with Crippen LogP contribution >= 0.6 is 0 Å². The molecular formula is C21H37N7O. The molecule has 2 saturated heterocycles. The zero-order chi connectivity index (χ0) is 21.8. The minimum Gasteiger partial charge on any atom is -0.369 e. The molecule has 1 amide bonds. The number of H-pyrrole nitrogens is 1. The first-order valence-corrected chi connectivity index (χ1v) is 10.6. The van der Waals surface area contributed by atoms with E-state index in [4.69, 9.17) is 5.73 Å². The number of rotatable bonds is 6. The van der Waals surface area contributed by atoms with Gasteiger partial charge < -0.3 is 21.3 Å². The maximum Gasteiger partial charge on any atom is 0.269 e. The predicted octanol–water partition coefficient (Wildman–Crippen LogP) is 3.00. The Hall–Kier alpha value is -2.61. The number of anilines is 1. The standard InChI is InChI=1S/C17H25N7O.2C2H6/c1-11(24-7-3-4-14-15(24)5-6-19-14)8-20-16(17(18)25)12(2)23-13-9-21-22-10-13;2*1-2/h8-10,14-15,19,23H,2-7H2,1H3,(H2,18,25)(H,21,22);2*1-2H3/b11-8+,20-16?;;. The van der Waals surface area contributed by atoms with Gasteiger partial charge in [-0.05, 0) is 32.7 Å². The maximum atomic E-state index is 11.8. The Kier molecular flexibility index (Phi) is 10.8. The monoisotopic (exact) mass is 403 g/mol. The van der Waals surface area contributed by atoms with Gasteiger partial charge in [0.25, 0.3) is 5.91 Å². The second-order valence-electron chi connectivity index (χ2n) is 6.46. The number of amides is 1. The number of carbonyl (C=O) groups is 1. The van der Waals surface area contributed by atoms with Crippen molar-refractivity contribution in [2.45, 2.75) is 66.0 Å². The number of nitrogens with zero attached hydrogens (tertiary/aromatic N) is 3. The minimum atomic E-state index is -0.621. The summed E-state index contributed by atoms with van der Waals surface area (Å²) in [5.41, 5.74) is 7.65. The Morgan fingerprint density at radius 1 is 1.38 bits per heavy atom. The van der Waals surface area contributed by atoms with Gasteiger partial charge in [0, 0.05) is 36.7 Å². The minimum absolute atomic E-state index is 0.110. The molecule has 0 spiro atoms. The third kappa shape index (κ3) is 6.74. The first-order chi connectivity index (χ1) is 14.1. The second kappa shape index (κ2) is 12.8. The van der Waals surface area contributed by atoms with Crippen LogP contribution in [0.4, 0.5) is 5.69 Å². The first kappa shape index (κ1) is 24.4. The molecule has 2 atom stereocenters. The number of aromatic amines is 1. The molecule has 0 saturated carbocycles. The smallest absolute Gasteiger partial charge is 0.269 e. The number of primary amides is 1. The molecule has 2 aliphatic heterocycles. The van der Waals surface area contributed by atoms with Gasteiger partial charge >= 0.3 is 0 Å². The number of nitrogens with one attached hydrogen (secondary N) is 3. The van der Waals surface area contributed by atoms with Gasteiger partial charge in [-0.2, -0.15) is 5.10 Å². The van der Waals surface area contributed by atoms with Gasteiger partial charge in [0.05, 0.1) is 17.6 Å². The van der Waals surface area contributed by atoms with E-state index in [1.54, 1.807) is 18.6 Å². The molecule has 2 unspecified atom stereocenters. The summed E-state index contributed by atoms with van der Waals surface area (Å²) in [5, 5.41) is 13.0. The van der Waals surface area contributed by atoms with Crippen molar-refractivity contribution in [3.05, 3.63) is 36.6 Å². The molecule has 2 fully saturated rings. The highest BCUT2D eigenvalue weighted by Gasteiger charge is 2.34. The summed E-state index contributed by atoms with van der Waals surface area (Å²) < 4.78 is 0. The van der Waals surface area contributed by atoms with Gasteiger partial charge in [-0.3, -0.25) is 9.89 Å². The molecular weight excluding hydrogens is 366 g/mol. The fraction of sp³-hybridized carbons (Fsp3) is 0.571. The Bertz CT molecular complexity index is 694. The molecule has 1 aromatic rings. The molecule has 0 aromatic carbocycles. The number of hydrogen-bond donors (Lipinski definition) is 4. The number of carbonyl (C=O) groups excluding carboxylic acids is 1. The summed E-state index contributed by atoms with van der Waals surface area (Å²) in [6, 6.07) is 1.05. The number of hydrogen-bond acceptors (Lipinski definition) is 6. The summed E-state index contributed by atoms with van der Waals surface area (Å²) in [4.78, 5) is 18.5. The lowest BCUT2D eigenvalue weighted by Crippen LogP contribution is -2.47. The van der Waals surface area contributed by atoms with Crippen LogP contribution in [0.15, 0.2) is 41.6 Å². The van der Waals surface area contributed by atoms with Crippen LogP contribution in [0.25, 0.3) is 0 Å². The number of likely N-dealkylation sites (tertiary alicyclic amines) is 1. The number of fused-ring (bicyclic) bond motifs is 1. The van der Waals surface area contributed by atoms with E-state index in [1.807, 2.05) is 34.6 Å². The highest BCUT2D eigenvalue weighted by Crippen LogP contribution is 2.27. The van der Waals surface area contributed by atoms with Crippen LogP contribution in [0.3, 0.4) is 0 Å². The van der Waals surface area contributed by atoms with Crippen molar-refractivity contribution >= 4 is 17.3 Å². The second-order valence-corrected chi connectivity index (χ2v) is 6.46. The van der Waals surface area contributed by atoms with Crippen molar-refractivity contribution in [3.63, 3.8) is 0 Å². The topological polar surface area (TPSA) is 111 Å². The quantitative estimate of drug-likeness (QED) is 0.546. The average Bonchev–Trinajstić information content (AvgIpc) is 3.42. The van der Waals surface area contributed by atoms with Gasteiger partial charge in [0.2, 0.25) is 0 Å². The lowest BCUT2D eigenvalue weighted by atomic mass is 9.97. The fourth-order valence-corrected chi connectivity index (χ4v) is 3.58. The van der Waals surface area contributed by atoms with Crippen LogP contribution in [0, 0.1) is 0 Å². The van der Waals surface area contributed by atoms with Crippen LogP contribution in [-0.4, -0.2) is 51.9 Å². The van der Waals surface area contributed by atoms with Crippen molar-refractivity contribution in [1.29, 1.82) is 0 Å². The van der Waals surface area contributed by atoms with Gasteiger partial charge in [0.1, 0.15) is 0 Å². The van der Waals surface area contributed by atoms with E-state index in [0.717, 1.165) is 31.6 Å². The number of aromatic nitrogens is 2. The van der Waals surface area contributed by atoms with Gasteiger partial charge in [-0.15, -0.1) is 0 Å². The number of allylic oxidation sites excluding steroid dienone is 1. The van der Waals surface area contributed by atoms with Gasteiger partial charge in [-0.1, -0.05) is 34.3 Å². The summed E-state index contributed by atoms with van der Waals surface area (Å²) in [6.07, 6.45) is 8.47. The SMILES string of the molecule is C=C(Nc1cn[nH]c1)C(=N/C=C(\C)N1CCCC2NCCC21)C(N)=O.CC.CC. The van der Waals surface area contributed by atoms with E-state index in [2.05, 4.69) is 37.3 Å². The third-order valence-electron chi connectivity index (χ3n) is 4.77. The number of nitrogens with two attached hydrogens (primary N) is 1. The summed E-state index contributed by atoms with van der Waals surface area (Å²) in [5.74, 6) is -0.621. The van der Waals surface area contributed by atoms with Gasteiger partial charge in [0.15, 0.2) is 5.71 Å². The van der Waals surface area contributed by atoms with Crippen LogP contribution < -0.4 is 16.4 Å².